The molecule has 9 nitrogen and oxygen atoms in total. The number of benzene rings is 1. The van der Waals surface area contributed by atoms with Gasteiger partial charge in [0.1, 0.15) is 11.4 Å². The average molecular weight is 360 g/mol. The smallest absolute Gasteiger partial charge is 0.296 e. The van der Waals surface area contributed by atoms with Crippen molar-refractivity contribution in [3.05, 3.63) is 46.5 Å². The van der Waals surface area contributed by atoms with Crippen molar-refractivity contribution < 1.29 is 19.2 Å². The Bertz CT molecular complexity index is 767. The third kappa shape index (κ3) is 4.88. The van der Waals surface area contributed by atoms with E-state index in [1.54, 1.807) is 0 Å². The molecule has 0 fully saturated rings. The zero-order valence-electron chi connectivity index (χ0n) is 14.6. The molecule has 2 aromatic rings. The fourth-order valence-corrected chi connectivity index (χ4v) is 2.05. The van der Waals surface area contributed by atoms with E-state index >= 15 is 0 Å². The molecule has 0 aliphatic rings. The van der Waals surface area contributed by atoms with Gasteiger partial charge in [-0.1, -0.05) is 13.8 Å². The summed E-state index contributed by atoms with van der Waals surface area (Å²) in [5.74, 6) is -0.00489. The van der Waals surface area contributed by atoms with Crippen molar-refractivity contribution in [3.8, 4) is 11.5 Å². The van der Waals surface area contributed by atoms with Crippen molar-refractivity contribution in [3.63, 3.8) is 0 Å². The van der Waals surface area contributed by atoms with Crippen LogP contribution >= 0.6 is 0 Å². The Morgan fingerprint density at radius 1 is 1.15 bits per heavy atom. The van der Waals surface area contributed by atoms with Crippen LogP contribution in [0.15, 0.2) is 30.7 Å². The fourth-order valence-electron chi connectivity index (χ4n) is 2.05. The molecule has 0 aliphatic carbocycles. The van der Waals surface area contributed by atoms with Crippen LogP contribution < -0.4 is 14.8 Å². The van der Waals surface area contributed by atoms with E-state index in [4.69, 9.17) is 9.47 Å². The zero-order valence-corrected chi connectivity index (χ0v) is 14.6. The fraction of sp³-hybridized carbons (Fsp3) is 0.353. The van der Waals surface area contributed by atoms with Crippen molar-refractivity contribution in [2.45, 2.75) is 26.7 Å². The Labute approximate surface area is 150 Å². The molecule has 1 aromatic heterocycles. The molecule has 26 heavy (non-hydrogen) atoms. The molecule has 9 heteroatoms. The van der Waals surface area contributed by atoms with Crippen LogP contribution in [0, 0.1) is 10.1 Å². The van der Waals surface area contributed by atoms with Crippen LogP contribution in [-0.4, -0.2) is 34.0 Å². The highest BCUT2D eigenvalue weighted by Gasteiger charge is 2.22. The van der Waals surface area contributed by atoms with Gasteiger partial charge in [0.2, 0.25) is 0 Å². The van der Waals surface area contributed by atoms with E-state index in [2.05, 4.69) is 15.3 Å². The first-order valence-electron chi connectivity index (χ1n) is 8.22. The van der Waals surface area contributed by atoms with Crippen LogP contribution in [0.3, 0.4) is 0 Å². The van der Waals surface area contributed by atoms with Gasteiger partial charge in [0.05, 0.1) is 30.4 Å². The molecule has 0 aliphatic heterocycles. The number of nitro groups is 1. The summed E-state index contributed by atoms with van der Waals surface area (Å²) >= 11 is 0. The van der Waals surface area contributed by atoms with Gasteiger partial charge in [0.15, 0.2) is 11.5 Å². The molecule has 0 saturated carbocycles. The Morgan fingerprint density at radius 2 is 1.81 bits per heavy atom. The third-order valence-corrected chi connectivity index (χ3v) is 3.23. The highest BCUT2D eigenvalue weighted by molar-refractivity contribution is 6.04. The minimum Gasteiger partial charge on any atom is -0.490 e. The highest BCUT2D eigenvalue weighted by Crippen LogP contribution is 2.38. The summed E-state index contributed by atoms with van der Waals surface area (Å²) < 4.78 is 11.2. The molecule has 1 N–H and O–H groups in total. The van der Waals surface area contributed by atoms with Gasteiger partial charge in [-0.2, -0.15) is 0 Å². The number of hydrogen-bond donors (Lipinski definition) is 1. The molecular formula is C17H20N4O5. The van der Waals surface area contributed by atoms with Crippen LogP contribution in [0.4, 0.5) is 11.4 Å². The molecule has 0 saturated heterocycles. The predicted octanol–water partition coefficient (Wildman–Crippen LogP) is 3.21. The molecule has 138 valence electrons. The van der Waals surface area contributed by atoms with Gasteiger partial charge in [-0.25, -0.2) is 4.98 Å². The number of carbonyl (C=O) groups excluding carboxylic acids is 1. The first-order chi connectivity index (χ1) is 12.6. The van der Waals surface area contributed by atoms with Gasteiger partial charge in [0, 0.05) is 18.5 Å². The second-order valence-electron chi connectivity index (χ2n) is 5.31. The first kappa shape index (κ1) is 19.1. The van der Waals surface area contributed by atoms with Gasteiger partial charge >= 0.3 is 0 Å². The predicted molar refractivity (Wildman–Crippen MR) is 94.7 cm³/mol. The van der Waals surface area contributed by atoms with Crippen LogP contribution in [0.25, 0.3) is 0 Å². The highest BCUT2D eigenvalue weighted by atomic mass is 16.6. The second kappa shape index (κ2) is 9.30. The van der Waals surface area contributed by atoms with Gasteiger partial charge < -0.3 is 14.8 Å². The van der Waals surface area contributed by atoms with Crippen LogP contribution in [0.5, 0.6) is 11.5 Å². The second-order valence-corrected chi connectivity index (χ2v) is 5.31. The molecule has 0 atom stereocenters. The molecule has 2 rings (SSSR count). The standard InChI is InChI=1S/C17H20N4O5/c1-3-7-25-15-9-12(20-17(22)13-11-18-5-6-19-13)14(21(23)24)10-16(15)26-8-4-2/h5-6,9-11H,3-4,7-8H2,1-2H3,(H,20,22). The summed E-state index contributed by atoms with van der Waals surface area (Å²) in [6, 6.07) is 2.65. The summed E-state index contributed by atoms with van der Waals surface area (Å²) in [5.41, 5.74) is -0.248. The molecule has 1 amide bonds. The van der Waals surface area contributed by atoms with Crippen LogP contribution in [0.2, 0.25) is 0 Å². The molecule has 0 bridgehead atoms. The lowest BCUT2D eigenvalue weighted by Crippen LogP contribution is -2.15. The number of carbonyl (C=O) groups is 1. The van der Waals surface area contributed by atoms with Gasteiger partial charge in [0.25, 0.3) is 11.6 Å². The Morgan fingerprint density at radius 3 is 2.35 bits per heavy atom. The molecule has 0 spiro atoms. The molecule has 1 heterocycles. The lowest BCUT2D eigenvalue weighted by molar-refractivity contribution is -0.384. The molecule has 0 unspecified atom stereocenters. The van der Waals surface area contributed by atoms with E-state index < -0.39 is 10.8 Å². The van der Waals surface area contributed by atoms with E-state index in [0.717, 1.165) is 12.8 Å². The lowest BCUT2D eigenvalue weighted by Gasteiger charge is -2.14. The normalized spacial score (nSPS) is 10.2. The van der Waals surface area contributed by atoms with Crippen molar-refractivity contribution in [2.75, 3.05) is 18.5 Å². The quantitative estimate of drug-likeness (QED) is 0.539. The van der Waals surface area contributed by atoms with E-state index in [1.807, 2.05) is 13.8 Å². The lowest BCUT2D eigenvalue weighted by atomic mass is 10.2. The van der Waals surface area contributed by atoms with Crippen molar-refractivity contribution >= 4 is 17.3 Å². The number of rotatable bonds is 9. The minimum atomic E-state index is -0.607. The van der Waals surface area contributed by atoms with E-state index in [0.29, 0.717) is 19.0 Å². The van der Waals surface area contributed by atoms with Gasteiger partial charge in [-0.05, 0) is 12.8 Å². The summed E-state index contributed by atoms with van der Waals surface area (Å²) in [6.45, 7) is 4.67. The number of amides is 1. The molecular weight excluding hydrogens is 340 g/mol. The number of nitrogens with one attached hydrogen (secondary N) is 1. The Balaban J connectivity index is 2.38. The number of ether oxygens (including phenoxy) is 2. The van der Waals surface area contributed by atoms with E-state index in [-0.39, 0.29) is 22.8 Å². The van der Waals surface area contributed by atoms with Crippen molar-refractivity contribution in [2.24, 2.45) is 0 Å². The number of hydrogen-bond acceptors (Lipinski definition) is 7. The van der Waals surface area contributed by atoms with Crippen molar-refractivity contribution in [1.82, 2.24) is 9.97 Å². The van der Waals surface area contributed by atoms with Crippen LogP contribution in [-0.2, 0) is 0 Å². The van der Waals surface area contributed by atoms with Crippen LogP contribution in [0.1, 0.15) is 37.2 Å². The summed E-state index contributed by atoms with van der Waals surface area (Å²) in [7, 11) is 0. The number of anilines is 1. The number of nitrogens with zero attached hydrogens (tertiary/aromatic N) is 3. The Kier molecular flexibility index (Phi) is 6.84. The minimum absolute atomic E-state index is 0.000560. The Hall–Kier alpha value is -3.23. The van der Waals surface area contributed by atoms with Gasteiger partial charge in [-0.15, -0.1) is 0 Å². The largest absolute Gasteiger partial charge is 0.490 e. The van der Waals surface area contributed by atoms with E-state index in [9.17, 15) is 14.9 Å². The molecule has 0 radical (unpaired) electrons. The van der Waals surface area contributed by atoms with Crippen molar-refractivity contribution in [1.29, 1.82) is 0 Å². The SMILES string of the molecule is CCCOc1cc(NC(=O)c2cnccn2)c([N+](=O)[O-])cc1OCCC. The van der Waals surface area contributed by atoms with E-state index in [1.165, 1.54) is 30.7 Å². The maximum absolute atomic E-state index is 12.3. The maximum Gasteiger partial charge on any atom is 0.296 e. The monoisotopic (exact) mass is 360 g/mol. The number of aromatic nitrogens is 2. The zero-order chi connectivity index (χ0) is 18.9. The summed E-state index contributed by atoms with van der Waals surface area (Å²) in [6.07, 6.45) is 5.56. The van der Waals surface area contributed by atoms with Gasteiger partial charge in [-0.3, -0.25) is 19.9 Å². The topological polar surface area (TPSA) is 116 Å². The third-order valence-electron chi connectivity index (χ3n) is 3.23. The summed E-state index contributed by atoms with van der Waals surface area (Å²) in [5, 5.41) is 13.9. The maximum atomic E-state index is 12.3. The summed E-state index contributed by atoms with van der Waals surface area (Å²) in [4.78, 5) is 30.8. The molecule has 1 aromatic carbocycles. The first-order valence-corrected chi connectivity index (χ1v) is 8.22. The number of nitro benzene ring substituents is 1. The average Bonchev–Trinajstić information content (AvgIpc) is 2.65.